The van der Waals surface area contributed by atoms with Gasteiger partial charge in [-0.25, -0.2) is 0 Å². The maximum absolute atomic E-state index is 14.8. The highest BCUT2D eigenvalue weighted by Gasteiger charge is 2.52. The van der Waals surface area contributed by atoms with E-state index in [1.165, 1.54) is 0 Å². The minimum Gasteiger partial charge on any atom is -0.513 e. The molecule has 0 unspecified atom stereocenters. The van der Waals surface area contributed by atoms with Gasteiger partial charge in [0.15, 0.2) is 0 Å². The van der Waals surface area contributed by atoms with E-state index in [9.17, 15) is 14.3 Å². The molecular weight excluding hydrogens is 390 g/mol. The average molecular weight is 420 g/mol. The summed E-state index contributed by atoms with van der Waals surface area (Å²) in [5.74, 6) is -0.310. The van der Waals surface area contributed by atoms with Gasteiger partial charge < -0.3 is 23.9 Å². The molecule has 1 fully saturated rings. The Bertz CT molecular complexity index is 815. The standard InChI is InChI=1S/C22H30BFO6/c1-7-17(25)16(23-29-21(3,4)22(5,6)30-23)14-19(24)28-18-12-10-9-11-15(18)13-20(26)27-8-2/h9-12,14,25H,7-8,13H2,1-6H3/b17-16-,19-14+. The van der Waals surface area contributed by atoms with Crippen LogP contribution in [-0.2, 0) is 25.3 Å². The number of benzene rings is 1. The first-order valence-corrected chi connectivity index (χ1v) is 10.1. The summed E-state index contributed by atoms with van der Waals surface area (Å²) in [6.45, 7) is 11.2. The van der Waals surface area contributed by atoms with Gasteiger partial charge in [-0.3, -0.25) is 4.79 Å². The van der Waals surface area contributed by atoms with Gasteiger partial charge in [0.25, 0.3) is 6.01 Å². The lowest BCUT2D eigenvalue weighted by Crippen LogP contribution is -2.41. The van der Waals surface area contributed by atoms with Crippen molar-refractivity contribution in [3.8, 4) is 5.75 Å². The van der Waals surface area contributed by atoms with E-state index in [1.807, 2.05) is 27.7 Å². The third-order valence-electron chi connectivity index (χ3n) is 5.26. The number of aliphatic hydroxyl groups is 1. The van der Waals surface area contributed by atoms with E-state index in [1.54, 1.807) is 38.1 Å². The van der Waals surface area contributed by atoms with Crippen molar-refractivity contribution in [2.75, 3.05) is 6.61 Å². The number of carbonyl (C=O) groups excluding carboxylic acids is 1. The normalized spacial score (nSPS) is 18.8. The van der Waals surface area contributed by atoms with E-state index in [0.29, 0.717) is 5.56 Å². The van der Waals surface area contributed by atoms with E-state index < -0.39 is 30.3 Å². The van der Waals surface area contributed by atoms with Crippen molar-refractivity contribution < 1.29 is 33.1 Å². The predicted octanol–water partition coefficient (Wildman–Crippen LogP) is 4.84. The first kappa shape index (κ1) is 24.0. The molecule has 1 aromatic carbocycles. The van der Waals surface area contributed by atoms with Crippen molar-refractivity contribution in [2.24, 2.45) is 0 Å². The van der Waals surface area contributed by atoms with E-state index in [4.69, 9.17) is 18.8 Å². The highest BCUT2D eigenvalue weighted by molar-refractivity contribution is 6.55. The van der Waals surface area contributed by atoms with Crippen LogP contribution in [0.15, 0.2) is 47.6 Å². The lowest BCUT2D eigenvalue weighted by molar-refractivity contribution is -0.142. The van der Waals surface area contributed by atoms with Crippen LogP contribution in [0.1, 0.15) is 53.5 Å². The summed E-state index contributed by atoms with van der Waals surface area (Å²) in [7, 11) is -0.945. The molecule has 0 amide bonds. The molecule has 1 N–H and O–H groups in total. The third kappa shape index (κ3) is 5.64. The maximum atomic E-state index is 14.8. The molecule has 1 aliphatic rings. The first-order chi connectivity index (χ1) is 14.0. The summed E-state index contributed by atoms with van der Waals surface area (Å²) in [6.07, 6.45) is 1.28. The van der Waals surface area contributed by atoms with Gasteiger partial charge in [-0.2, -0.15) is 4.39 Å². The smallest absolute Gasteiger partial charge is 0.498 e. The zero-order valence-electron chi connectivity index (χ0n) is 18.5. The molecule has 1 heterocycles. The van der Waals surface area contributed by atoms with Crippen LogP contribution in [0.25, 0.3) is 0 Å². The predicted molar refractivity (Wildman–Crippen MR) is 113 cm³/mol. The summed E-state index contributed by atoms with van der Waals surface area (Å²) in [4.78, 5) is 11.8. The van der Waals surface area contributed by atoms with E-state index in [0.717, 1.165) is 6.08 Å². The number of para-hydroxylation sites is 1. The summed E-state index contributed by atoms with van der Waals surface area (Å²) >= 11 is 0. The minimum absolute atomic E-state index is 0.0442. The fourth-order valence-corrected chi connectivity index (χ4v) is 2.84. The molecule has 30 heavy (non-hydrogen) atoms. The molecular formula is C22H30BFO6. The number of ether oxygens (including phenoxy) is 2. The zero-order chi connectivity index (χ0) is 22.5. The van der Waals surface area contributed by atoms with E-state index >= 15 is 0 Å². The number of esters is 1. The fourth-order valence-electron chi connectivity index (χ4n) is 2.84. The largest absolute Gasteiger partial charge is 0.513 e. The Morgan fingerprint density at radius 2 is 1.77 bits per heavy atom. The van der Waals surface area contributed by atoms with Gasteiger partial charge in [0, 0.05) is 23.5 Å². The molecule has 164 valence electrons. The van der Waals surface area contributed by atoms with E-state index in [-0.39, 0.29) is 36.4 Å². The number of hydrogen-bond donors (Lipinski definition) is 1. The minimum atomic E-state index is -0.962. The molecule has 0 radical (unpaired) electrons. The van der Waals surface area contributed by atoms with Gasteiger partial charge in [0.05, 0.1) is 30.0 Å². The topological polar surface area (TPSA) is 74.2 Å². The molecule has 0 atom stereocenters. The Morgan fingerprint density at radius 1 is 1.17 bits per heavy atom. The van der Waals surface area contributed by atoms with Crippen LogP contribution < -0.4 is 4.74 Å². The number of carbonyl (C=O) groups is 1. The lowest BCUT2D eigenvalue weighted by atomic mass is 9.76. The first-order valence-electron chi connectivity index (χ1n) is 10.1. The van der Waals surface area contributed by atoms with E-state index in [2.05, 4.69) is 0 Å². The SMILES string of the molecule is CCOC(=O)Cc1ccccc1O/C(F)=C/C(B1OC(C)(C)C(C)(C)O1)=C(/O)CC. The molecule has 0 aromatic heterocycles. The molecule has 0 spiro atoms. The second kappa shape index (κ2) is 9.66. The fraction of sp³-hybridized carbons (Fsp3) is 0.500. The van der Waals surface area contributed by atoms with Crippen LogP contribution in [0.4, 0.5) is 4.39 Å². The number of allylic oxidation sites excluding steroid dienone is 3. The van der Waals surface area contributed by atoms with Crippen molar-refractivity contribution in [2.45, 2.75) is 65.6 Å². The van der Waals surface area contributed by atoms with Crippen LogP contribution in [0, 0.1) is 0 Å². The zero-order valence-corrected chi connectivity index (χ0v) is 18.5. The number of aliphatic hydroxyl groups excluding tert-OH is 1. The second-order valence-electron chi connectivity index (χ2n) is 7.98. The Kier molecular flexibility index (Phi) is 7.72. The van der Waals surface area contributed by atoms with Gasteiger partial charge in [0.1, 0.15) is 5.75 Å². The maximum Gasteiger partial charge on any atom is 0.498 e. The molecule has 1 saturated heterocycles. The Labute approximate surface area is 177 Å². The van der Waals surface area contributed by atoms with Crippen LogP contribution in [0.2, 0.25) is 0 Å². The summed E-state index contributed by atoms with van der Waals surface area (Å²) < 4.78 is 37.0. The van der Waals surface area contributed by atoms with Gasteiger partial charge in [-0.15, -0.1) is 0 Å². The van der Waals surface area contributed by atoms with Gasteiger partial charge in [-0.1, -0.05) is 25.1 Å². The summed E-state index contributed by atoms with van der Waals surface area (Å²) in [6, 6.07) is 5.65. The third-order valence-corrected chi connectivity index (χ3v) is 5.26. The van der Waals surface area contributed by atoms with Crippen LogP contribution in [0.3, 0.4) is 0 Å². The molecule has 2 rings (SSSR count). The van der Waals surface area contributed by atoms with Crippen molar-refractivity contribution in [3.63, 3.8) is 0 Å². The quantitative estimate of drug-likeness (QED) is 0.281. The van der Waals surface area contributed by atoms with Crippen LogP contribution in [0.5, 0.6) is 5.75 Å². The highest BCUT2D eigenvalue weighted by Crippen LogP contribution is 2.39. The Balaban J connectivity index is 2.27. The van der Waals surface area contributed by atoms with Crippen molar-refractivity contribution >= 4 is 13.1 Å². The molecule has 0 bridgehead atoms. The number of rotatable bonds is 8. The van der Waals surface area contributed by atoms with Crippen molar-refractivity contribution in [3.05, 3.63) is 53.1 Å². The second-order valence-corrected chi connectivity index (χ2v) is 7.98. The van der Waals surface area contributed by atoms with Crippen LogP contribution >= 0.6 is 0 Å². The molecule has 0 aliphatic carbocycles. The van der Waals surface area contributed by atoms with Gasteiger partial charge in [0.2, 0.25) is 0 Å². The van der Waals surface area contributed by atoms with Crippen molar-refractivity contribution in [1.29, 1.82) is 0 Å². The molecule has 1 aromatic rings. The summed E-state index contributed by atoms with van der Waals surface area (Å²) in [5, 5.41) is 10.4. The molecule has 1 aliphatic heterocycles. The van der Waals surface area contributed by atoms with Gasteiger partial charge >= 0.3 is 13.1 Å². The number of halogens is 1. The monoisotopic (exact) mass is 420 g/mol. The number of hydrogen-bond acceptors (Lipinski definition) is 6. The highest BCUT2D eigenvalue weighted by atomic mass is 19.1. The molecule has 0 saturated carbocycles. The molecule has 6 nitrogen and oxygen atoms in total. The van der Waals surface area contributed by atoms with Gasteiger partial charge in [-0.05, 0) is 40.7 Å². The Morgan fingerprint density at radius 3 is 2.33 bits per heavy atom. The lowest BCUT2D eigenvalue weighted by Gasteiger charge is -2.32. The summed E-state index contributed by atoms with van der Waals surface area (Å²) in [5.41, 5.74) is -0.653. The molecule has 8 heteroatoms. The average Bonchev–Trinajstić information content (AvgIpc) is 2.88. The Hall–Kier alpha value is -2.32. The van der Waals surface area contributed by atoms with Crippen molar-refractivity contribution in [1.82, 2.24) is 0 Å². The van der Waals surface area contributed by atoms with Crippen LogP contribution in [-0.4, -0.2) is 36.0 Å².